The summed E-state index contributed by atoms with van der Waals surface area (Å²) in [5, 5.41) is 9.52. The maximum Gasteiger partial charge on any atom is 0.150 e. The van der Waals surface area contributed by atoms with Crippen molar-refractivity contribution in [3.05, 3.63) is 29.8 Å². The number of rotatable bonds is 5. The quantitative estimate of drug-likeness (QED) is 0.884. The molecular weight excluding hydrogens is 264 g/mol. The fourth-order valence-corrected chi connectivity index (χ4v) is 4.60. The van der Waals surface area contributed by atoms with E-state index in [0.29, 0.717) is 12.8 Å². The summed E-state index contributed by atoms with van der Waals surface area (Å²) in [5.74, 6) is 1.33. The van der Waals surface area contributed by atoms with E-state index in [1.807, 2.05) is 24.3 Å². The van der Waals surface area contributed by atoms with Gasteiger partial charge in [0.05, 0.1) is 18.6 Å². The van der Waals surface area contributed by atoms with E-state index in [1.165, 1.54) is 0 Å². The Kier molecular flexibility index (Phi) is 4.47. The van der Waals surface area contributed by atoms with Crippen LogP contribution in [-0.4, -0.2) is 38.7 Å². The van der Waals surface area contributed by atoms with Crippen molar-refractivity contribution < 1.29 is 18.3 Å². The van der Waals surface area contributed by atoms with Crippen molar-refractivity contribution >= 4 is 9.84 Å². The highest BCUT2D eigenvalue weighted by molar-refractivity contribution is 7.91. The van der Waals surface area contributed by atoms with E-state index in [9.17, 15) is 13.5 Å². The zero-order valence-corrected chi connectivity index (χ0v) is 11.9. The highest BCUT2D eigenvalue weighted by atomic mass is 32.2. The lowest BCUT2D eigenvalue weighted by molar-refractivity contribution is 0.184. The van der Waals surface area contributed by atoms with E-state index >= 15 is 0 Å². The van der Waals surface area contributed by atoms with E-state index < -0.39 is 9.84 Å². The molecule has 19 heavy (non-hydrogen) atoms. The molecule has 1 aliphatic heterocycles. The Balaban J connectivity index is 2.06. The van der Waals surface area contributed by atoms with Gasteiger partial charge in [-0.25, -0.2) is 8.42 Å². The van der Waals surface area contributed by atoms with E-state index in [2.05, 4.69) is 0 Å². The zero-order valence-electron chi connectivity index (χ0n) is 11.1. The molecule has 2 rings (SSSR count). The Hall–Kier alpha value is -1.07. The van der Waals surface area contributed by atoms with Gasteiger partial charge in [0.2, 0.25) is 0 Å². The second kappa shape index (κ2) is 5.92. The maximum atomic E-state index is 11.5. The van der Waals surface area contributed by atoms with Crippen LogP contribution in [0.25, 0.3) is 0 Å². The molecule has 5 heteroatoms. The minimum Gasteiger partial charge on any atom is -0.497 e. The molecule has 0 radical (unpaired) electrons. The number of aliphatic hydroxyl groups is 1. The zero-order chi connectivity index (χ0) is 13.9. The second-order valence-electron chi connectivity index (χ2n) is 5.16. The summed E-state index contributed by atoms with van der Waals surface area (Å²) in [4.78, 5) is 0. The number of hydrogen-bond acceptors (Lipinski definition) is 4. The van der Waals surface area contributed by atoms with Crippen LogP contribution in [-0.2, 0) is 16.3 Å². The SMILES string of the molecule is COc1cccc(CC(CO)C2CCS(=O)(=O)C2)c1. The van der Waals surface area contributed by atoms with Gasteiger partial charge >= 0.3 is 0 Å². The van der Waals surface area contributed by atoms with Crippen molar-refractivity contribution in [2.24, 2.45) is 11.8 Å². The fourth-order valence-electron chi connectivity index (χ4n) is 2.68. The number of ether oxygens (including phenoxy) is 1. The summed E-state index contributed by atoms with van der Waals surface area (Å²) in [6, 6.07) is 7.70. The van der Waals surface area contributed by atoms with Gasteiger partial charge in [0.1, 0.15) is 5.75 Å². The van der Waals surface area contributed by atoms with Gasteiger partial charge in [-0.1, -0.05) is 12.1 Å². The largest absolute Gasteiger partial charge is 0.497 e. The van der Waals surface area contributed by atoms with Crippen molar-refractivity contribution in [2.45, 2.75) is 12.8 Å². The van der Waals surface area contributed by atoms with Gasteiger partial charge in [-0.3, -0.25) is 0 Å². The first-order chi connectivity index (χ1) is 9.04. The number of aliphatic hydroxyl groups excluding tert-OH is 1. The highest BCUT2D eigenvalue weighted by Gasteiger charge is 2.33. The van der Waals surface area contributed by atoms with Gasteiger partial charge in [-0.2, -0.15) is 0 Å². The average Bonchev–Trinajstić information content (AvgIpc) is 2.76. The first-order valence-corrected chi connectivity index (χ1v) is 8.30. The van der Waals surface area contributed by atoms with Gasteiger partial charge in [0.15, 0.2) is 9.84 Å². The van der Waals surface area contributed by atoms with E-state index in [-0.39, 0.29) is 29.9 Å². The van der Waals surface area contributed by atoms with Crippen molar-refractivity contribution in [1.29, 1.82) is 0 Å². The van der Waals surface area contributed by atoms with Crippen LogP contribution in [0.2, 0.25) is 0 Å². The molecule has 1 aliphatic rings. The number of hydrogen-bond donors (Lipinski definition) is 1. The topological polar surface area (TPSA) is 63.6 Å². The number of sulfone groups is 1. The van der Waals surface area contributed by atoms with Crippen molar-refractivity contribution in [3.63, 3.8) is 0 Å². The first kappa shape index (κ1) is 14.3. The molecule has 1 aromatic carbocycles. The molecule has 1 N–H and O–H groups in total. The van der Waals surface area contributed by atoms with Gasteiger partial charge in [0, 0.05) is 6.61 Å². The van der Waals surface area contributed by atoms with Crippen LogP contribution < -0.4 is 4.74 Å². The van der Waals surface area contributed by atoms with Crippen LogP contribution in [0.4, 0.5) is 0 Å². The van der Waals surface area contributed by atoms with Crippen LogP contribution in [0.1, 0.15) is 12.0 Å². The molecule has 1 heterocycles. The molecule has 1 aromatic rings. The van der Waals surface area contributed by atoms with E-state index in [0.717, 1.165) is 11.3 Å². The lowest BCUT2D eigenvalue weighted by atomic mass is 9.87. The Morgan fingerprint density at radius 1 is 1.47 bits per heavy atom. The molecule has 4 nitrogen and oxygen atoms in total. The van der Waals surface area contributed by atoms with Crippen LogP contribution in [0.15, 0.2) is 24.3 Å². The normalized spacial score (nSPS) is 23.2. The third-order valence-electron chi connectivity index (χ3n) is 3.80. The smallest absolute Gasteiger partial charge is 0.150 e. The first-order valence-electron chi connectivity index (χ1n) is 6.48. The maximum absolute atomic E-state index is 11.5. The molecule has 2 unspecified atom stereocenters. The molecule has 2 atom stereocenters. The van der Waals surface area contributed by atoms with Crippen LogP contribution in [0.3, 0.4) is 0 Å². The van der Waals surface area contributed by atoms with Crippen molar-refractivity contribution in [3.8, 4) is 5.75 Å². The van der Waals surface area contributed by atoms with Crippen LogP contribution in [0, 0.1) is 11.8 Å². The Labute approximate surface area is 114 Å². The monoisotopic (exact) mass is 284 g/mol. The molecule has 0 saturated carbocycles. The Morgan fingerprint density at radius 3 is 2.84 bits per heavy atom. The fraction of sp³-hybridized carbons (Fsp3) is 0.571. The molecule has 0 aromatic heterocycles. The molecule has 0 amide bonds. The molecule has 1 saturated heterocycles. The second-order valence-corrected chi connectivity index (χ2v) is 7.39. The summed E-state index contributed by atoms with van der Waals surface area (Å²) in [6.45, 7) is 0.0252. The lowest BCUT2D eigenvalue weighted by Gasteiger charge is -2.20. The Bertz CT molecular complexity index is 524. The number of methoxy groups -OCH3 is 1. The minimum absolute atomic E-state index is 0.00406. The van der Waals surface area contributed by atoms with Crippen LogP contribution in [0.5, 0.6) is 5.75 Å². The molecule has 0 bridgehead atoms. The van der Waals surface area contributed by atoms with Gasteiger partial charge in [-0.05, 0) is 42.4 Å². The summed E-state index contributed by atoms with van der Waals surface area (Å²) >= 11 is 0. The predicted molar refractivity (Wildman–Crippen MR) is 74.0 cm³/mol. The predicted octanol–water partition coefficient (Wildman–Crippen LogP) is 1.28. The summed E-state index contributed by atoms with van der Waals surface area (Å²) in [7, 11) is -1.27. The molecule has 0 spiro atoms. The van der Waals surface area contributed by atoms with Gasteiger partial charge in [0.25, 0.3) is 0 Å². The van der Waals surface area contributed by atoms with Gasteiger partial charge in [-0.15, -0.1) is 0 Å². The summed E-state index contributed by atoms with van der Waals surface area (Å²) in [5.41, 5.74) is 1.07. The third kappa shape index (κ3) is 3.70. The number of benzene rings is 1. The molecule has 106 valence electrons. The average molecular weight is 284 g/mol. The van der Waals surface area contributed by atoms with E-state index in [1.54, 1.807) is 7.11 Å². The minimum atomic E-state index is -2.89. The van der Waals surface area contributed by atoms with E-state index in [4.69, 9.17) is 4.74 Å². The lowest BCUT2D eigenvalue weighted by Crippen LogP contribution is -2.22. The third-order valence-corrected chi connectivity index (χ3v) is 5.59. The van der Waals surface area contributed by atoms with Crippen LogP contribution >= 0.6 is 0 Å². The standard InChI is InChI=1S/C14H20O4S/c1-18-14-4-2-3-11(8-14)7-13(9-15)12-5-6-19(16,17)10-12/h2-4,8,12-13,15H,5-7,9-10H2,1H3. The molecule has 1 fully saturated rings. The van der Waals surface area contributed by atoms with Crippen molar-refractivity contribution in [2.75, 3.05) is 25.2 Å². The Morgan fingerprint density at radius 2 is 2.26 bits per heavy atom. The molecular formula is C14H20O4S. The van der Waals surface area contributed by atoms with Crippen molar-refractivity contribution in [1.82, 2.24) is 0 Å². The summed E-state index contributed by atoms with van der Waals surface area (Å²) < 4.78 is 28.2. The molecule has 0 aliphatic carbocycles. The highest BCUT2D eigenvalue weighted by Crippen LogP contribution is 2.29. The van der Waals surface area contributed by atoms with Gasteiger partial charge < -0.3 is 9.84 Å². The summed E-state index contributed by atoms with van der Waals surface area (Å²) in [6.07, 6.45) is 1.35.